The van der Waals surface area contributed by atoms with Crippen LogP contribution in [0, 0.1) is 0 Å². The number of carbonyl (C=O) groups is 1. The van der Waals surface area contributed by atoms with Gasteiger partial charge in [-0.1, -0.05) is 19.4 Å². The summed E-state index contributed by atoms with van der Waals surface area (Å²) in [5.41, 5.74) is 1.23. The van der Waals surface area contributed by atoms with Gasteiger partial charge in [0.25, 0.3) is 5.91 Å². The maximum Gasteiger partial charge on any atom is 0.257 e. The van der Waals surface area contributed by atoms with Gasteiger partial charge in [-0.25, -0.2) is 0 Å². The number of hydrogen-bond acceptors (Lipinski definition) is 5. The van der Waals surface area contributed by atoms with Crippen molar-refractivity contribution in [2.75, 3.05) is 32.2 Å². The molecule has 0 aliphatic carbocycles. The number of carbonyl (C=O) groups excluding carboxylic acids is 1. The lowest BCUT2D eigenvalue weighted by Crippen LogP contribution is -2.34. The molecule has 6 nitrogen and oxygen atoms in total. The number of hydrogen-bond donors (Lipinski definition) is 2. The molecule has 0 fully saturated rings. The lowest BCUT2D eigenvalue weighted by molar-refractivity contribution is 0.0977. The van der Waals surface area contributed by atoms with Crippen LogP contribution in [0.1, 0.15) is 30.1 Å². The second-order valence-corrected chi connectivity index (χ2v) is 6.41. The Hall–Kier alpha value is -2.64. The first kappa shape index (κ1) is 21.7. The van der Waals surface area contributed by atoms with Crippen LogP contribution in [0.15, 0.2) is 48.5 Å². The number of nitrogens with one attached hydrogen (secondary N) is 2. The number of unbranched alkanes of at least 4 members (excludes halogenated alkanes) is 1. The zero-order valence-electron chi connectivity index (χ0n) is 16.2. The van der Waals surface area contributed by atoms with E-state index in [0.29, 0.717) is 31.1 Å². The van der Waals surface area contributed by atoms with Crippen molar-refractivity contribution in [2.24, 2.45) is 0 Å². The van der Waals surface area contributed by atoms with Gasteiger partial charge in [0.05, 0.1) is 13.2 Å². The third kappa shape index (κ3) is 7.54. The van der Waals surface area contributed by atoms with Crippen molar-refractivity contribution in [3.8, 4) is 11.5 Å². The molecule has 1 amide bonds. The minimum atomic E-state index is -0.287. The lowest BCUT2D eigenvalue weighted by atomic mass is 10.2. The SMILES string of the molecule is CCCCOc1ccc(C(=O)NC(=S)Nc2cccc(OCCOC)c2)cc1. The van der Waals surface area contributed by atoms with Crippen molar-refractivity contribution in [3.63, 3.8) is 0 Å². The molecule has 2 N–H and O–H groups in total. The van der Waals surface area contributed by atoms with Crippen molar-refractivity contribution < 1.29 is 19.0 Å². The van der Waals surface area contributed by atoms with Crippen LogP contribution >= 0.6 is 12.2 Å². The predicted octanol–water partition coefficient (Wildman–Crippen LogP) is 4.02. The molecule has 7 heteroatoms. The third-order valence-corrected chi connectivity index (χ3v) is 3.96. The molecule has 0 atom stereocenters. The number of rotatable bonds is 10. The van der Waals surface area contributed by atoms with E-state index in [1.165, 1.54) is 0 Å². The second-order valence-electron chi connectivity index (χ2n) is 6.00. The fraction of sp³-hybridized carbons (Fsp3) is 0.333. The van der Waals surface area contributed by atoms with Crippen LogP contribution in [-0.4, -0.2) is 38.0 Å². The van der Waals surface area contributed by atoms with Crippen molar-refractivity contribution in [2.45, 2.75) is 19.8 Å². The van der Waals surface area contributed by atoms with Crippen LogP contribution < -0.4 is 20.1 Å². The Balaban J connectivity index is 1.85. The maximum atomic E-state index is 12.3. The molecule has 0 unspecified atom stereocenters. The average molecular weight is 403 g/mol. The molecule has 0 aliphatic heterocycles. The molecule has 0 bridgehead atoms. The van der Waals surface area contributed by atoms with Gasteiger partial charge >= 0.3 is 0 Å². The van der Waals surface area contributed by atoms with E-state index in [9.17, 15) is 4.79 Å². The Morgan fingerprint density at radius 3 is 2.46 bits per heavy atom. The summed E-state index contributed by atoms with van der Waals surface area (Å²) in [5.74, 6) is 1.15. The normalized spacial score (nSPS) is 10.2. The van der Waals surface area contributed by atoms with Gasteiger partial charge in [0.2, 0.25) is 0 Å². The number of ether oxygens (including phenoxy) is 3. The first-order valence-corrected chi connectivity index (χ1v) is 9.60. The molecule has 0 saturated carbocycles. The van der Waals surface area contributed by atoms with Gasteiger partial charge in [-0.2, -0.15) is 0 Å². The van der Waals surface area contributed by atoms with Crippen LogP contribution in [0.3, 0.4) is 0 Å². The topological polar surface area (TPSA) is 68.8 Å². The van der Waals surface area contributed by atoms with Crippen LogP contribution in [-0.2, 0) is 4.74 Å². The smallest absolute Gasteiger partial charge is 0.257 e. The first-order valence-electron chi connectivity index (χ1n) is 9.19. The summed E-state index contributed by atoms with van der Waals surface area (Å²) in [6.07, 6.45) is 2.08. The Morgan fingerprint density at radius 2 is 1.75 bits per heavy atom. The molecular formula is C21H26N2O4S. The molecule has 2 aromatic carbocycles. The van der Waals surface area contributed by atoms with Crippen LogP contribution in [0.25, 0.3) is 0 Å². The van der Waals surface area contributed by atoms with Crippen LogP contribution in [0.5, 0.6) is 11.5 Å². The van der Waals surface area contributed by atoms with Crippen molar-refractivity contribution in [1.29, 1.82) is 0 Å². The molecule has 150 valence electrons. The van der Waals surface area contributed by atoms with Crippen LogP contribution in [0.2, 0.25) is 0 Å². The van der Waals surface area contributed by atoms with E-state index in [2.05, 4.69) is 17.6 Å². The van der Waals surface area contributed by atoms with E-state index in [0.717, 1.165) is 24.3 Å². The number of thiocarbonyl (C=S) groups is 1. The third-order valence-electron chi connectivity index (χ3n) is 3.76. The highest BCUT2D eigenvalue weighted by Gasteiger charge is 2.09. The molecular weight excluding hydrogens is 376 g/mol. The van der Waals surface area contributed by atoms with E-state index < -0.39 is 0 Å². The zero-order chi connectivity index (χ0) is 20.2. The Bertz CT molecular complexity index is 765. The highest BCUT2D eigenvalue weighted by atomic mass is 32.1. The van der Waals surface area contributed by atoms with E-state index in [1.807, 2.05) is 18.2 Å². The Kier molecular flexibility index (Phi) is 9.24. The van der Waals surface area contributed by atoms with E-state index in [4.69, 9.17) is 26.4 Å². The average Bonchev–Trinajstić information content (AvgIpc) is 2.69. The first-order chi connectivity index (χ1) is 13.6. The molecule has 0 spiro atoms. The molecule has 28 heavy (non-hydrogen) atoms. The fourth-order valence-electron chi connectivity index (χ4n) is 2.28. The molecule has 0 aromatic heterocycles. The van der Waals surface area contributed by atoms with Crippen molar-refractivity contribution in [3.05, 3.63) is 54.1 Å². The van der Waals surface area contributed by atoms with Gasteiger partial charge < -0.3 is 19.5 Å². The van der Waals surface area contributed by atoms with Crippen LogP contribution in [0.4, 0.5) is 5.69 Å². The quantitative estimate of drug-likeness (QED) is 0.462. The monoisotopic (exact) mass is 402 g/mol. The Morgan fingerprint density at radius 1 is 1.00 bits per heavy atom. The number of amides is 1. The van der Waals surface area contributed by atoms with Crippen molar-refractivity contribution >= 4 is 28.9 Å². The molecule has 0 radical (unpaired) electrons. The highest BCUT2D eigenvalue weighted by Crippen LogP contribution is 2.17. The van der Waals surface area contributed by atoms with Gasteiger partial charge in [0.1, 0.15) is 18.1 Å². The minimum Gasteiger partial charge on any atom is -0.494 e. The molecule has 0 aliphatic rings. The summed E-state index contributed by atoms with van der Waals surface area (Å²) in [6.45, 7) is 3.75. The van der Waals surface area contributed by atoms with Gasteiger partial charge in [-0.3, -0.25) is 10.1 Å². The van der Waals surface area contributed by atoms with E-state index in [-0.39, 0.29) is 11.0 Å². The summed E-state index contributed by atoms with van der Waals surface area (Å²) in [6, 6.07) is 14.3. The molecule has 0 heterocycles. The lowest BCUT2D eigenvalue weighted by Gasteiger charge is -2.12. The van der Waals surface area contributed by atoms with Crippen molar-refractivity contribution in [1.82, 2.24) is 5.32 Å². The summed E-state index contributed by atoms with van der Waals surface area (Å²) in [5, 5.41) is 5.86. The highest BCUT2D eigenvalue weighted by molar-refractivity contribution is 7.80. The fourth-order valence-corrected chi connectivity index (χ4v) is 2.49. The molecule has 2 aromatic rings. The van der Waals surface area contributed by atoms with Gasteiger partial charge in [0, 0.05) is 24.4 Å². The summed E-state index contributed by atoms with van der Waals surface area (Å²) in [7, 11) is 1.62. The Labute approximate surface area is 171 Å². The zero-order valence-corrected chi connectivity index (χ0v) is 17.0. The summed E-state index contributed by atoms with van der Waals surface area (Å²) >= 11 is 5.23. The van der Waals surface area contributed by atoms with Gasteiger partial charge in [-0.15, -0.1) is 0 Å². The standard InChI is InChI=1S/C21H26N2O4S/c1-3-4-12-26-18-10-8-16(9-11-18)20(24)23-21(28)22-17-6-5-7-19(15-17)27-14-13-25-2/h5-11,15H,3-4,12-14H2,1-2H3,(H2,22,23,24,28). The molecule has 0 saturated heterocycles. The number of methoxy groups -OCH3 is 1. The molecule has 2 rings (SSSR count). The van der Waals surface area contributed by atoms with E-state index in [1.54, 1.807) is 37.4 Å². The summed E-state index contributed by atoms with van der Waals surface area (Å²) in [4.78, 5) is 12.3. The number of anilines is 1. The largest absolute Gasteiger partial charge is 0.494 e. The van der Waals surface area contributed by atoms with Gasteiger partial charge in [0.15, 0.2) is 5.11 Å². The van der Waals surface area contributed by atoms with E-state index >= 15 is 0 Å². The maximum absolute atomic E-state index is 12.3. The summed E-state index contributed by atoms with van der Waals surface area (Å²) < 4.78 is 16.1. The minimum absolute atomic E-state index is 0.210. The van der Waals surface area contributed by atoms with Gasteiger partial charge in [-0.05, 0) is 55.0 Å². The predicted molar refractivity (Wildman–Crippen MR) is 114 cm³/mol. The number of benzene rings is 2. The second kappa shape index (κ2) is 11.9.